The summed E-state index contributed by atoms with van der Waals surface area (Å²) in [6.45, 7) is 3.68. The number of carbonyl (C=O) groups is 3. The summed E-state index contributed by atoms with van der Waals surface area (Å²) in [6.07, 6.45) is 2.95. The molecule has 0 bridgehead atoms. The summed E-state index contributed by atoms with van der Waals surface area (Å²) in [6, 6.07) is 10.9. The number of hydrogen-bond donors (Lipinski definition) is 0. The van der Waals surface area contributed by atoms with Gasteiger partial charge < -0.3 is 23.9 Å². The fraction of sp³-hybridized carbons (Fsp3) is 0.357. The number of hydrogen-bond acceptors (Lipinski definition) is 8. The number of imide groups is 1. The van der Waals surface area contributed by atoms with E-state index in [0.717, 1.165) is 46.9 Å². The predicted molar refractivity (Wildman–Crippen MR) is 140 cm³/mol. The van der Waals surface area contributed by atoms with Gasteiger partial charge in [0.25, 0.3) is 17.8 Å². The highest BCUT2D eigenvalue weighted by molar-refractivity contribution is 6.15. The molecule has 7 rings (SSSR count). The molecule has 2 aromatic carbocycles. The zero-order chi connectivity index (χ0) is 26.7. The molecule has 0 aliphatic carbocycles. The number of ether oxygens (including phenoxy) is 1. The maximum atomic E-state index is 14.3. The minimum Gasteiger partial charge on any atom is -0.423 e. The van der Waals surface area contributed by atoms with Crippen molar-refractivity contribution >= 4 is 46.2 Å². The SMILES string of the molecule is O=C1C=CC(=O)N1CC(=O)N1c2cc(F)ccc2C2CN(c3ccc4nc(N5CCOCC5)oc4c3)CCC21. The second-order valence-corrected chi connectivity index (χ2v) is 10.2. The molecule has 2 unspecified atom stereocenters. The highest BCUT2D eigenvalue weighted by Gasteiger charge is 2.45. The lowest BCUT2D eigenvalue weighted by Crippen LogP contribution is -2.51. The van der Waals surface area contributed by atoms with Crippen LogP contribution in [-0.4, -0.2) is 79.6 Å². The van der Waals surface area contributed by atoms with Crippen LogP contribution in [0.3, 0.4) is 0 Å². The molecular weight excluding hydrogens is 505 g/mol. The molecule has 11 heteroatoms. The molecule has 2 saturated heterocycles. The van der Waals surface area contributed by atoms with Gasteiger partial charge in [0.2, 0.25) is 5.91 Å². The lowest BCUT2D eigenvalue weighted by atomic mass is 9.88. The fourth-order valence-corrected chi connectivity index (χ4v) is 6.11. The monoisotopic (exact) mass is 531 g/mol. The standard InChI is InChI=1S/C28H26FN5O5/c29-17-1-3-19-20-15-32(18-2-4-21-24(14-18)39-28(30-21)31-9-11-38-12-10-31)8-7-22(20)34(23(19)13-17)27(37)16-33-25(35)5-6-26(33)36/h1-6,13-14,20,22H,7-12,15-16H2. The Hall–Kier alpha value is -4.25. The van der Waals surface area contributed by atoms with Gasteiger partial charge in [-0.2, -0.15) is 4.98 Å². The quantitative estimate of drug-likeness (QED) is 0.474. The number of benzene rings is 2. The van der Waals surface area contributed by atoms with Crippen molar-refractivity contribution in [3.63, 3.8) is 0 Å². The van der Waals surface area contributed by atoms with Gasteiger partial charge in [-0.1, -0.05) is 6.07 Å². The minimum atomic E-state index is -0.516. The normalized spacial score (nSPS) is 22.7. The number of halogens is 1. The Morgan fingerprint density at radius 2 is 1.79 bits per heavy atom. The Morgan fingerprint density at radius 1 is 1.00 bits per heavy atom. The molecule has 0 N–H and O–H groups in total. The molecule has 200 valence electrons. The molecule has 4 aliphatic heterocycles. The van der Waals surface area contributed by atoms with Crippen molar-refractivity contribution in [3.05, 3.63) is 59.9 Å². The third-order valence-corrected chi connectivity index (χ3v) is 8.03. The molecule has 3 amide bonds. The number of anilines is 3. The number of carbonyl (C=O) groups excluding carboxylic acids is 3. The van der Waals surface area contributed by atoms with Crippen molar-refractivity contribution < 1.29 is 27.9 Å². The zero-order valence-corrected chi connectivity index (χ0v) is 21.1. The highest BCUT2D eigenvalue weighted by atomic mass is 19.1. The molecule has 0 radical (unpaired) electrons. The number of piperidine rings is 1. The number of nitrogens with zero attached hydrogens (tertiary/aromatic N) is 5. The molecule has 1 aromatic heterocycles. The van der Waals surface area contributed by atoms with E-state index in [2.05, 4.69) is 14.8 Å². The van der Waals surface area contributed by atoms with Crippen molar-refractivity contribution in [2.75, 3.05) is 60.6 Å². The van der Waals surface area contributed by atoms with Crippen molar-refractivity contribution in [2.24, 2.45) is 0 Å². The summed E-state index contributed by atoms with van der Waals surface area (Å²) >= 11 is 0. The van der Waals surface area contributed by atoms with Crippen LogP contribution in [0.4, 0.5) is 21.8 Å². The number of oxazole rings is 1. The maximum absolute atomic E-state index is 14.3. The lowest BCUT2D eigenvalue weighted by molar-refractivity contribution is -0.140. The van der Waals surface area contributed by atoms with Crippen molar-refractivity contribution in [2.45, 2.75) is 18.4 Å². The minimum absolute atomic E-state index is 0.0595. The third-order valence-electron chi connectivity index (χ3n) is 8.03. The van der Waals surface area contributed by atoms with Gasteiger partial charge in [-0.25, -0.2) is 4.39 Å². The van der Waals surface area contributed by atoms with E-state index in [1.165, 1.54) is 12.1 Å². The van der Waals surface area contributed by atoms with E-state index in [1.54, 1.807) is 11.0 Å². The second-order valence-electron chi connectivity index (χ2n) is 10.2. The molecule has 3 aromatic rings. The topological polar surface area (TPSA) is 99.4 Å². The summed E-state index contributed by atoms with van der Waals surface area (Å²) in [5, 5.41) is 0. The largest absolute Gasteiger partial charge is 0.423 e. The number of aromatic nitrogens is 1. The average molecular weight is 532 g/mol. The first kappa shape index (κ1) is 23.8. The van der Waals surface area contributed by atoms with Crippen molar-refractivity contribution in [1.29, 1.82) is 0 Å². The predicted octanol–water partition coefficient (Wildman–Crippen LogP) is 2.44. The van der Waals surface area contributed by atoms with Gasteiger partial charge in [0.15, 0.2) is 5.58 Å². The molecule has 2 fully saturated rings. The van der Waals surface area contributed by atoms with E-state index in [1.807, 2.05) is 18.2 Å². The van der Waals surface area contributed by atoms with E-state index in [-0.39, 0.29) is 18.5 Å². The Balaban J connectivity index is 1.14. The maximum Gasteiger partial charge on any atom is 0.298 e. The Bertz CT molecular complexity index is 1510. The second kappa shape index (κ2) is 9.19. The summed E-state index contributed by atoms with van der Waals surface area (Å²) < 4.78 is 25.9. The van der Waals surface area contributed by atoms with Crippen LogP contribution in [0, 0.1) is 5.82 Å². The summed E-state index contributed by atoms with van der Waals surface area (Å²) in [5.41, 5.74) is 3.86. The molecule has 0 spiro atoms. The highest BCUT2D eigenvalue weighted by Crippen LogP contribution is 2.46. The zero-order valence-electron chi connectivity index (χ0n) is 21.1. The van der Waals surface area contributed by atoms with E-state index in [9.17, 15) is 18.8 Å². The molecular formula is C28H26FN5O5. The first-order valence-electron chi connectivity index (χ1n) is 13.1. The Morgan fingerprint density at radius 3 is 2.59 bits per heavy atom. The van der Waals surface area contributed by atoms with Gasteiger partial charge in [-0.05, 0) is 36.2 Å². The molecule has 4 aliphatic rings. The van der Waals surface area contributed by atoms with Crippen LogP contribution < -0.4 is 14.7 Å². The van der Waals surface area contributed by atoms with E-state index in [0.29, 0.717) is 50.0 Å². The average Bonchev–Trinajstić information content (AvgIpc) is 3.62. The first-order chi connectivity index (χ1) is 19.0. The van der Waals surface area contributed by atoms with E-state index >= 15 is 0 Å². The molecule has 5 heterocycles. The van der Waals surface area contributed by atoms with Crippen LogP contribution in [0.1, 0.15) is 17.9 Å². The van der Waals surface area contributed by atoms with Crippen molar-refractivity contribution in [1.82, 2.24) is 9.88 Å². The van der Waals surface area contributed by atoms with Gasteiger partial charge in [-0.3, -0.25) is 19.3 Å². The number of amides is 3. The third kappa shape index (κ3) is 4.04. The molecule has 39 heavy (non-hydrogen) atoms. The lowest BCUT2D eigenvalue weighted by Gasteiger charge is -2.39. The van der Waals surface area contributed by atoms with E-state index < -0.39 is 23.5 Å². The molecule has 10 nitrogen and oxygen atoms in total. The van der Waals surface area contributed by atoms with Crippen LogP contribution in [0.15, 0.2) is 53.0 Å². The van der Waals surface area contributed by atoms with Crippen LogP contribution in [0.5, 0.6) is 0 Å². The van der Waals surface area contributed by atoms with Gasteiger partial charge in [0.05, 0.1) is 18.9 Å². The first-order valence-corrected chi connectivity index (χ1v) is 13.1. The number of rotatable bonds is 4. The smallest absolute Gasteiger partial charge is 0.298 e. The Labute approximate surface area is 223 Å². The summed E-state index contributed by atoms with van der Waals surface area (Å²) in [4.78, 5) is 49.0. The number of fused-ring (bicyclic) bond motifs is 4. The summed E-state index contributed by atoms with van der Waals surface area (Å²) in [7, 11) is 0. The van der Waals surface area contributed by atoms with Crippen LogP contribution >= 0.6 is 0 Å². The Kier molecular flexibility index (Phi) is 5.62. The van der Waals surface area contributed by atoms with E-state index in [4.69, 9.17) is 9.15 Å². The van der Waals surface area contributed by atoms with Gasteiger partial charge in [0, 0.05) is 62.0 Å². The van der Waals surface area contributed by atoms with Crippen molar-refractivity contribution in [3.8, 4) is 0 Å². The van der Waals surface area contributed by atoms with Gasteiger partial charge >= 0.3 is 0 Å². The van der Waals surface area contributed by atoms with Crippen LogP contribution in [0.2, 0.25) is 0 Å². The summed E-state index contributed by atoms with van der Waals surface area (Å²) in [5.74, 6) is -1.93. The van der Waals surface area contributed by atoms with Gasteiger partial charge in [0.1, 0.15) is 17.9 Å². The molecule has 0 saturated carbocycles. The number of morpholine rings is 1. The van der Waals surface area contributed by atoms with Gasteiger partial charge in [-0.15, -0.1) is 0 Å². The van der Waals surface area contributed by atoms with Crippen LogP contribution in [-0.2, 0) is 19.1 Å². The van der Waals surface area contributed by atoms with Crippen LogP contribution in [0.25, 0.3) is 11.1 Å². The molecule has 2 atom stereocenters. The fourth-order valence-electron chi connectivity index (χ4n) is 6.11.